The molecule has 0 radical (unpaired) electrons. The smallest absolute Gasteiger partial charge is 0.229 e. The summed E-state index contributed by atoms with van der Waals surface area (Å²) >= 11 is 10.1. The SMILES string of the molecule is FC(F)(F)c1cc(Cl)nc(Sc2ccccc2Br)c1. The van der Waals surface area contributed by atoms with Crippen LogP contribution in [0.25, 0.3) is 0 Å². The maximum Gasteiger partial charge on any atom is 0.416 e. The van der Waals surface area contributed by atoms with Crippen molar-refractivity contribution in [2.75, 3.05) is 0 Å². The Bertz CT molecular complexity index is 604. The molecule has 0 unspecified atom stereocenters. The van der Waals surface area contributed by atoms with Crippen molar-refractivity contribution in [1.82, 2.24) is 4.98 Å². The molecule has 0 aliphatic carbocycles. The molecule has 7 heteroatoms. The fraction of sp³-hybridized carbons (Fsp3) is 0.0833. The van der Waals surface area contributed by atoms with E-state index in [0.717, 1.165) is 33.3 Å². The molecule has 0 aliphatic rings. The van der Waals surface area contributed by atoms with Gasteiger partial charge in [-0.25, -0.2) is 4.98 Å². The number of rotatable bonds is 2. The molecule has 0 aliphatic heterocycles. The number of hydrogen-bond acceptors (Lipinski definition) is 2. The lowest BCUT2D eigenvalue weighted by Gasteiger charge is -2.09. The first kappa shape index (κ1) is 14.7. The van der Waals surface area contributed by atoms with Crippen molar-refractivity contribution < 1.29 is 13.2 Å². The van der Waals surface area contributed by atoms with Crippen molar-refractivity contribution >= 4 is 39.3 Å². The van der Waals surface area contributed by atoms with Gasteiger partial charge in [0.1, 0.15) is 10.2 Å². The molecule has 2 aromatic rings. The van der Waals surface area contributed by atoms with E-state index in [-0.39, 0.29) is 10.2 Å². The highest BCUT2D eigenvalue weighted by molar-refractivity contribution is 9.10. The Balaban J connectivity index is 2.36. The summed E-state index contributed by atoms with van der Waals surface area (Å²) in [7, 11) is 0. The third-order valence-electron chi connectivity index (χ3n) is 2.15. The van der Waals surface area contributed by atoms with Crippen LogP contribution in [0.2, 0.25) is 5.15 Å². The van der Waals surface area contributed by atoms with Crippen LogP contribution < -0.4 is 0 Å². The number of pyridine rings is 1. The van der Waals surface area contributed by atoms with E-state index in [1.54, 1.807) is 18.2 Å². The number of aromatic nitrogens is 1. The molecule has 1 aromatic heterocycles. The van der Waals surface area contributed by atoms with E-state index in [1.807, 2.05) is 6.07 Å². The van der Waals surface area contributed by atoms with E-state index in [0.29, 0.717) is 0 Å². The van der Waals surface area contributed by atoms with Gasteiger partial charge in [0.05, 0.1) is 5.56 Å². The van der Waals surface area contributed by atoms with Crippen molar-refractivity contribution in [1.29, 1.82) is 0 Å². The molecule has 19 heavy (non-hydrogen) atoms. The first-order valence-electron chi connectivity index (χ1n) is 5.03. The van der Waals surface area contributed by atoms with Gasteiger partial charge in [-0.3, -0.25) is 0 Å². The van der Waals surface area contributed by atoms with Gasteiger partial charge >= 0.3 is 6.18 Å². The highest BCUT2D eigenvalue weighted by Crippen LogP contribution is 2.37. The molecule has 1 nitrogen and oxygen atoms in total. The lowest BCUT2D eigenvalue weighted by molar-refractivity contribution is -0.137. The van der Waals surface area contributed by atoms with Crippen molar-refractivity contribution in [3.63, 3.8) is 0 Å². The molecule has 2 rings (SSSR count). The van der Waals surface area contributed by atoms with Gasteiger partial charge in [0.15, 0.2) is 0 Å². The van der Waals surface area contributed by atoms with Gasteiger partial charge in [0.2, 0.25) is 0 Å². The van der Waals surface area contributed by atoms with Crippen LogP contribution in [-0.4, -0.2) is 4.98 Å². The van der Waals surface area contributed by atoms with Gasteiger partial charge < -0.3 is 0 Å². The molecular weight excluding hydrogens is 363 g/mol. The highest BCUT2D eigenvalue weighted by Gasteiger charge is 2.31. The second kappa shape index (κ2) is 5.73. The van der Waals surface area contributed by atoms with Gasteiger partial charge in [0, 0.05) is 9.37 Å². The van der Waals surface area contributed by atoms with E-state index in [2.05, 4.69) is 20.9 Å². The van der Waals surface area contributed by atoms with Crippen molar-refractivity contribution in [2.45, 2.75) is 16.1 Å². The molecule has 0 atom stereocenters. The Morgan fingerprint density at radius 2 is 1.84 bits per heavy atom. The van der Waals surface area contributed by atoms with Crippen LogP contribution >= 0.6 is 39.3 Å². The standard InChI is InChI=1S/C12H6BrClF3NS/c13-8-3-1-2-4-9(8)19-11-6-7(12(15,16)17)5-10(14)18-11/h1-6H. The van der Waals surface area contributed by atoms with E-state index in [1.165, 1.54) is 0 Å². The second-order valence-corrected chi connectivity index (χ2v) is 5.85. The summed E-state index contributed by atoms with van der Waals surface area (Å²) in [6, 6.07) is 8.99. The Kier molecular flexibility index (Phi) is 4.43. The van der Waals surface area contributed by atoms with Crippen LogP contribution in [0.5, 0.6) is 0 Å². The topological polar surface area (TPSA) is 12.9 Å². The number of hydrogen-bond donors (Lipinski definition) is 0. The van der Waals surface area contributed by atoms with E-state index < -0.39 is 11.7 Å². The highest BCUT2D eigenvalue weighted by atomic mass is 79.9. The fourth-order valence-corrected chi connectivity index (χ4v) is 2.98. The number of halogens is 5. The molecule has 1 heterocycles. The Morgan fingerprint density at radius 3 is 2.47 bits per heavy atom. The molecule has 0 N–H and O–H groups in total. The van der Waals surface area contributed by atoms with Crippen LogP contribution in [0, 0.1) is 0 Å². The molecular formula is C12H6BrClF3NS. The lowest BCUT2D eigenvalue weighted by atomic mass is 10.3. The third kappa shape index (κ3) is 3.87. The van der Waals surface area contributed by atoms with Crippen LogP contribution in [0.3, 0.4) is 0 Å². The quantitative estimate of drug-likeness (QED) is 0.634. The summed E-state index contributed by atoms with van der Waals surface area (Å²) < 4.78 is 38.8. The van der Waals surface area contributed by atoms with Crippen LogP contribution in [0.15, 0.2) is 50.8 Å². The molecule has 0 saturated heterocycles. The summed E-state index contributed by atoms with van der Waals surface area (Å²) in [5.74, 6) is 0. The van der Waals surface area contributed by atoms with Crippen LogP contribution in [0.4, 0.5) is 13.2 Å². The summed E-state index contributed by atoms with van der Waals surface area (Å²) in [4.78, 5) is 4.66. The van der Waals surface area contributed by atoms with Crippen molar-refractivity contribution in [2.24, 2.45) is 0 Å². The van der Waals surface area contributed by atoms with Crippen LogP contribution in [0.1, 0.15) is 5.56 Å². The minimum absolute atomic E-state index is 0.177. The number of alkyl halides is 3. The van der Waals surface area contributed by atoms with Crippen molar-refractivity contribution in [3.05, 3.63) is 51.6 Å². The number of benzene rings is 1. The zero-order valence-corrected chi connectivity index (χ0v) is 12.4. The molecule has 0 spiro atoms. The average Bonchev–Trinajstić information content (AvgIpc) is 2.30. The Morgan fingerprint density at radius 1 is 1.16 bits per heavy atom. The monoisotopic (exact) mass is 367 g/mol. The fourth-order valence-electron chi connectivity index (χ4n) is 1.33. The van der Waals surface area contributed by atoms with E-state index in [4.69, 9.17) is 11.6 Å². The summed E-state index contributed by atoms with van der Waals surface area (Å²) in [6.45, 7) is 0. The second-order valence-electron chi connectivity index (χ2n) is 3.55. The molecule has 0 saturated carbocycles. The summed E-state index contributed by atoms with van der Waals surface area (Å²) in [5, 5.41) is 0.0242. The summed E-state index contributed by atoms with van der Waals surface area (Å²) in [6.07, 6.45) is -4.43. The van der Waals surface area contributed by atoms with E-state index in [9.17, 15) is 13.2 Å². The van der Waals surface area contributed by atoms with E-state index >= 15 is 0 Å². The molecule has 0 fully saturated rings. The Labute approximate surface area is 125 Å². The maximum atomic E-state index is 12.7. The predicted molar refractivity (Wildman–Crippen MR) is 72.5 cm³/mol. The van der Waals surface area contributed by atoms with Gasteiger partial charge in [-0.05, 0) is 40.2 Å². The summed E-state index contributed by atoms with van der Waals surface area (Å²) in [5.41, 5.74) is -0.804. The number of nitrogens with zero attached hydrogens (tertiary/aromatic N) is 1. The van der Waals surface area contributed by atoms with Gasteiger partial charge in [-0.15, -0.1) is 0 Å². The Hall–Kier alpha value is -0.720. The maximum absolute atomic E-state index is 12.7. The zero-order valence-electron chi connectivity index (χ0n) is 9.21. The van der Waals surface area contributed by atoms with Gasteiger partial charge in [-0.1, -0.05) is 35.5 Å². The van der Waals surface area contributed by atoms with Crippen molar-refractivity contribution in [3.8, 4) is 0 Å². The zero-order chi connectivity index (χ0) is 14.0. The first-order valence-corrected chi connectivity index (χ1v) is 7.02. The molecule has 100 valence electrons. The van der Waals surface area contributed by atoms with Gasteiger partial charge in [-0.2, -0.15) is 13.2 Å². The normalized spacial score (nSPS) is 11.6. The molecule has 0 amide bonds. The minimum Gasteiger partial charge on any atom is -0.229 e. The minimum atomic E-state index is -4.43. The third-order valence-corrected chi connectivity index (χ3v) is 4.29. The average molecular weight is 369 g/mol. The molecule has 0 bridgehead atoms. The lowest BCUT2D eigenvalue weighted by Crippen LogP contribution is -2.05. The van der Waals surface area contributed by atoms with Gasteiger partial charge in [0.25, 0.3) is 0 Å². The largest absolute Gasteiger partial charge is 0.416 e. The van der Waals surface area contributed by atoms with Crippen LogP contribution in [-0.2, 0) is 6.18 Å². The first-order chi connectivity index (χ1) is 8.86. The predicted octanol–water partition coefficient (Wildman–Crippen LogP) is 5.67. The molecule has 1 aromatic carbocycles.